The molecule has 8 heteroatoms. The monoisotopic (exact) mass is 358 g/mol. The summed E-state index contributed by atoms with van der Waals surface area (Å²) in [5.41, 5.74) is 0.694. The molecule has 2 atom stereocenters. The van der Waals surface area contributed by atoms with Gasteiger partial charge < -0.3 is 15.4 Å². The van der Waals surface area contributed by atoms with E-state index in [0.29, 0.717) is 15.6 Å². The van der Waals surface area contributed by atoms with Gasteiger partial charge in [-0.3, -0.25) is 14.4 Å². The van der Waals surface area contributed by atoms with Gasteiger partial charge in [-0.1, -0.05) is 29.3 Å². The van der Waals surface area contributed by atoms with Crippen LogP contribution in [-0.2, 0) is 25.5 Å². The van der Waals surface area contributed by atoms with Gasteiger partial charge in [-0.05, 0) is 24.6 Å². The Bertz CT molecular complexity index is 636. The molecule has 2 N–H and O–H groups in total. The molecule has 2 amide bonds. The third kappa shape index (κ3) is 5.11. The molecular weight excluding hydrogens is 343 g/mol. The summed E-state index contributed by atoms with van der Waals surface area (Å²) in [7, 11) is 0. The van der Waals surface area contributed by atoms with Crippen LogP contribution in [0, 0.1) is 0 Å². The smallest absolute Gasteiger partial charge is 0.308 e. The van der Waals surface area contributed by atoms with Crippen LogP contribution in [0.15, 0.2) is 18.2 Å². The lowest BCUT2D eigenvalue weighted by Gasteiger charge is -2.16. The molecule has 1 aromatic rings. The number of halogens is 2. The second-order valence-electron chi connectivity index (χ2n) is 5.31. The molecule has 1 aromatic carbocycles. The van der Waals surface area contributed by atoms with Crippen molar-refractivity contribution >= 4 is 41.0 Å². The van der Waals surface area contributed by atoms with E-state index < -0.39 is 6.04 Å². The first kappa shape index (κ1) is 17.6. The van der Waals surface area contributed by atoms with Crippen molar-refractivity contribution in [2.45, 2.75) is 31.8 Å². The molecule has 0 radical (unpaired) electrons. The maximum absolute atomic E-state index is 12.0. The van der Waals surface area contributed by atoms with Crippen LogP contribution in [0.2, 0.25) is 10.0 Å². The van der Waals surface area contributed by atoms with E-state index >= 15 is 0 Å². The molecule has 1 saturated heterocycles. The van der Waals surface area contributed by atoms with Crippen LogP contribution < -0.4 is 10.6 Å². The zero-order valence-corrected chi connectivity index (χ0v) is 13.9. The Morgan fingerprint density at radius 1 is 1.35 bits per heavy atom. The maximum Gasteiger partial charge on any atom is 0.308 e. The van der Waals surface area contributed by atoms with Gasteiger partial charge in [0, 0.05) is 0 Å². The molecule has 1 aliphatic rings. The predicted molar refractivity (Wildman–Crippen MR) is 85.3 cm³/mol. The Hall–Kier alpha value is -1.79. The van der Waals surface area contributed by atoms with Crippen molar-refractivity contribution in [3.8, 4) is 0 Å². The first-order valence-electron chi connectivity index (χ1n) is 7.04. The summed E-state index contributed by atoms with van der Waals surface area (Å²) in [5, 5.41) is 6.03. The molecule has 0 saturated carbocycles. The Labute approximate surface area is 143 Å². The van der Waals surface area contributed by atoms with Crippen LogP contribution >= 0.6 is 23.2 Å². The fourth-order valence-corrected chi connectivity index (χ4v) is 2.45. The molecule has 23 heavy (non-hydrogen) atoms. The number of amides is 2. The highest BCUT2D eigenvalue weighted by atomic mass is 35.5. The molecule has 124 valence electrons. The van der Waals surface area contributed by atoms with Crippen molar-refractivity contribution in [1.82, 2.24) is 10.6 Å². The molecule has 1 unspecified atom stereocenters. The number of ether oxygens (including phenoxy) is 1. The SMILES string of the molecule is C[C@H](NC(=O)Cc1ccc(Cl)c(Cl)c1)C(=O)NC1COC(=O)C1. The Kier molecular flexibility index (Phi) is 5.85. The highest BCUT2D eigenvalue weighted by molar-refractivity contribution is 6.42. The van der Waals surface area contributed by atoms with Crippen LogP contribution in [0.4, 0.5) is 0 Å². The minimum atomic E-state index is -0.721. The van der Waals surface area contributed by atoms with Crippen molar-refractivity contribution < 1.29 is 19.1 Å². The molecule has 1 heterocycles. The van der Waals surface area contributed by atoms with E-state index in [0.717, 1.165) is 0 Å². The van der Waals surface area contributed by atoms with Gasteiger partial charge in [0.2, 0.25) is 11.8 Å². The molecule has 0 bridgehead atoms. The minimum Gasteiger partial charge on any atom is -0.463 e. The number of nitrogens with one attached hydrogen (secondary N) is 2. The standard InChI is InChI=1S/C15H16Cl2N2O4/c1-8(15(22)19-10-6-14(21)23-7-10)18-13(20)5-9-2-3-11(16)12(17)4-9/h2-4,8,10H,5-7H2,1H3,(H,18,20)(H,19,22)/t8-,10?/m0/s1. The minimum absolute atomic E-state index is 0.0829. The van der Waals surface area contributed by atoms with Crippen molar-refractivity contribution in [1.29, 1.82) is 0 Å². The summed E-state index contributed by atoms with van der Waals surface area (Å²) in [4.78, 5) is 34.9. The fraction of sp³-hybridized carbons (Fsp3) is 0.400. The third-order valence-electron chi connectivity index (χ3n) is 3.32. The van der Waals surface area contributed by atoms with Gasteiger partial charge in [-0.15, -0.1) is 0 Å². The van der Waals surface area contributed by atoms with E-state index in [1.807, 2.05) is 0 Å². The normalized spacial score (nSPS) is 18.2. The van der Waals surface area contributed by atoms with Gasteiger partial charge in [-0.25, -0.2) is 0 Å². The average Bonchev–Trinajstić information content (AvgIpc) is 2.88. The molecule has 0 aliphatic carbocycles. The van der Waals surface area contributed by atoms with Crippen LogP contribution in [0.1, 0.15) is 18.9 Å². The Morgan fingerprint density at radius 3 is 2.70 bits per heavy atom. The number of hydrogen-bond donors (Lipinski definition) is 2. The number of carbonyl (C=O) groups is 3. The number of rotatable bonds is 5. The molecule has 1 fully saturated rings. The third-order valence-corrected chi connectivity index (χ3v) is 4.06. The largest absolute Gasteiger partial charge is 0.463 e. The quantitative estimate of drug-likeness (QED) is 0.780. The molecule has 6 nitrogen and oxygen atoms in total. The number of esters is 1. The molecule has 0 spiro atoms. The van der Waals surface area contributed by atoms with E-state index in [-0.39, 0.29) is 43.3 Å². The summed E-state index contributed by atoms with van der Waals surface area (Å²) in [6.07, 6.45) is 0.231. The second kappa shape index (κ2) is 7.66. The van der Waals surface area contributed by atoms with E-state index in [1.165, 1.54) is 0 Å². The van der Waals surface area contributed by atoms with Gasteiger partial charge in [0.1, 0.15) is 12.6 Å². The highest BCUT2D eigenvalue weighted by Gasteiger charge is 2.27. The Balaban J connectivity index is 1.82. The van der Waals surface area contributed by atoms with Crippen molar-refractivity contribution in [2.24, 2.45) is 0 Å². The fourth-order valence-electron chi connectivity index (χ4n) is 2.12. The van der Waals surface area contributed by atoms with Gasteiger partial charge in [0.25, 0.3) is 0 Å². The van der Waals surface area contributed by atoms with E-state index in [2.05, 4.69) is 10.6 Å². The highest BCUT2D eigenvalue weighted by Crippen LogP contribution is 2.22. The molecular formula is C15H16Cl2N2O4. The van der Waals surface area contributed by atoms with Crippen LogP contribution in [0.25, 0.3) is 0 Å². The predicted octanol–water partition coefficient (Wildman–Crippen LogP) is 1.47. The summed E-state index contributed by atoms with van der Waals surface area (Å²) in [6, 6.07) is 3.85. The van der Waals surface area contributed by atoms with Crippen molar-refractivity contribution in [3.05, 3.63) is 33.8 Å². The zero-order valence-electron chi connectivity index (χ0n) is 12.4. The van der Waals surface area contributed by atoms with E-state index in [1.54, 1.807) is 25.1 Å². The van der Waals surface area contributed by atoms with E-state index in [4.69, 9.17) is 27.9 Å². The average molecular weight is 359 g/mol. The van der Waals surface area contributed by atoms with Gasteiger partial charge in [-0.2, -0.15) is 0 Å². The second-order valence-corrected chi connectivity index (χ2v) is 6.12. The lowest BCUT2D eigenvalue weighted by Crippen LogP contribution is -2.48. The van der Waals surface area contributed by atoms with Crippen LogP contribution in [0.3, 0.4) is 0 Å². The number of hydrogen-bond acceptors (Lipinski definition) is 4. The summed E-state index contributed by atoms with van der Waals surface area (Å²) in [5.74, 6) is -1.02. The lowest BCUT2D eigenvalue weighted by molar-refractivity contribution is -0.138. The summed E-state index contributed by atoms with van der Waals surface area (Å²) in [6.45, 7) is 1.73. The lowest BCUT2D eigenvalue weighted by atomic mass is 10.1. The molecule has 2 rings (SSSR count). The van der Waals surface area contributed by atoms with Gasteiger partial charge in [0.05, 0.1) is 28.9 Å². The zero-order chi connectivity index (χ0) is 17.0. The van der Waals surface area contributed by atoms with Crippen molar-refractivity contribution in [2.75, 3.05) is 6.61 Å². The van der Waals surface area contributed by atoms with Gasteiger partial charge in [0.15, 0.2) is 0 Å². The van der Waals surface area contributed by atoms with Crippen molar-refractivity contribution in [3.63, 3.8) is 0 Å². The summed E-state index contributed by atoms with van der Waals surface area (Å²) >= 11 is 11.7. The first-order valence-corrected chi connectivity index (χ1v) is 7.80. The Morgan fingerprint density at radius 2 is 2.09 bits per heavy atom. The number of benzene rings is 1. The number of carbonyl (C=O) groups excluding carboxylic acids is 3. The molecule has 1 aliphatic heterocycles. The topological polar surface area (TPSA) is 84.5 Å². The summed E-state index contributed by atoms with van der Waals surface area (Å²) < 4.78 is 4.76. The van der Waals surface area contributed by atoms with E-state index in [9.17, 15) is 14.4 Å². The molecule has 0 aromatic heterocycles. The van der Waals surface area contributed by atoms with Crippen LogP contribution in [-0.4, -0.2) is 36.5 Å². The van der Waals surface area contributed by atoms with Gasteiger partial charge >= 0.3 is 5.97 Å². The van der Waals surface area contributed by atoms with Crippen LogP contribution in [0.5, 0.6) is 0 Å². The number of cyclic esters (lactones) is 1. The maximum atomic E-state index is 12.0. The first-order chi connectivity index (χ1) is 10.8.